The van der Waals surface area contributed by atoms with E-state index in [0.29, 0.717) is 10.7 Å². The molecule has 1 N–H and O–H groups in total. The number of anilines is 2. The monoisotopic (exact) mass is 424 g/mol. The molecule has 0 aromatic heterocycles. The van der Waals surface area contributed by atoms with Gasteiger partial charge in [-0.2, -0.15) is 0 Å². The van der Waals surface area contributed by atoms with Crippen LogP contribution < -0.4 is 10.2 Å². The highest BCUT2D eigenvalue weighted by atomic mass is 35.5. The molecule has 146 valence electrons. The van der Waals surface area contributed by atoms with E-state index in [1.54, 1.807) is 24.3 Å². The lowest BCUT2D eigenvalue weighted by atomic mass is 10.1. The first-order valence-electron chi connectivity index (χ1n) is 8.31. The predicted molar refractivity (Wildman–Crippen MR) is 103 cm³/mol. The van der Waals surface area contributed by atoms with Gasteiger partial charge in [-0.15, -0.1) is 0 Å². The Morgan fingerprint density at radius 2 is 1.93 bits per heavy atom. The second-order valence-corrected chi connectivity index (χ2v) is 6.96. The van der Waals surface area contributed by atoms with Crippen molar-refractivity contribution in [2.24, 2.45) is 5.92 Å². The zero-order valence-electron chi connectivity index (χ0n) is 14.5. The fourth-order valence-electron chi connectivity index (χ4n) is 2.79. The van der Waals surface area contributed by atoms with Crippen molar-refractivity contribution in [2.45, 2.75) is 6.42 Å². The van der Waals surface area contributed by atoms with E-state index < -0.39 is 30.2 Å². The summed E-state index contributed by atoms with van der Waals surface area (Å²) < 4.78 is 18.1. The first-order chi connectivity index (χ1) is 13.3. The fraction of sp³-hybridized carbons (Fsp3) is 0.211. The molecule has 2 aromatic carbocycles. The van der Waals surface area contributed by atoms with Crippen molar-refractivity contribution in [3.63, 3.8) is 0 Å². The molecule has 0 bridgehead atoms. The van der Waals surface area contributed by atoms with Crippen LogP contribution in [0.15, 0.2) is 42.5 Å². The molecule has 3 rings (SSSR count). The second kappa shape index (κ2) is 8.58. The normalized spacial score (nSPS) is 16.2. The van der Waals surface area contributed by atoms with E-state index in [1.165, 1.54) is 17.0 Å². The lowest BCUT2D eigenvalue weighted by Crippen LogP contribution is -2.28. The molecule has 1 aliphatic rings. The highest BCUT2D eigenvalue weighted by Gasteiger charge is 2.37. The van der Waals surface area contributed by atoms with Gasteiger partial charge in [-0.3, -0.25) is 14.4 Å². The summed E-state index contributed by atoms with van der Waals surface area (Å²) in [7, 11) is 0. The summed E-state index contributed by atoms with van der Waals surface area (Å²) in [4.78, 5) is 37.8. The fourth-order valence-corrected chi connectivity index (χ4v) is 3.21. The van der Waals surface area contributed by atoms with Gasteiger partial charge in [-0.1, -0.05) is 35.3 Å². The molecular weight excluding hydrogens is 410 g/mol. The number of esters is 1. The zero-order chi connectivity index (χ0) is 20.3. The van der Waals surface area contributed by atoms with Gasteiger partial charge in [0.1, 0.15) is 5.82 Å². The molecule has 2 aromatic rings. The number of hydrogen-bond acceptors (Lipinski definition) is 4. The Kier molecular flexibility index (Phi) is 6.16. The lowest BCUT2D eigenvalue weighted by Gasteiger charge is -2.17. The highest BCUT2D eigenvalue weighted by molar-refractivity contribution is 6.34. The van der Waals surface area contributed by atoms with Crippen LogP contribution in [0.4, 0.5) is 15.8 Å². The Bertz CT molecular complexity index is 938. The molecule has 0 saturated carbocycles. The number of nitrogens with zero attached hydrogens (tertiary/aromatic N) is 1. The summed E-state index contributed by atoms with van der Waals surface area (Å²) in [5.74, 6) is -2.82. The van der Waals surface area contributed by atoms with Crippen LogP contribution in [-0.4, -0.2) is 30.9 Å². The van der Waals surface area contributed by atoms with Gasteiger partial charge >= 0.3 is 5.97 Å². The van der Waals surface area contributed by atoms with Crippen LogP contribution >= 0.6 is 23.2 Å². The first kappa shape index (κ1) is 20.1. The maximum Gasteiger partial charge on any atom is 0.311 e. The van der Waals surface area contributed by atoms with Crippen LogP contribution in [0.3, 0.4) is 0 Å². The smallest absolute Gasteiger partial charge is 0.311 e. The molecule has 0 unspecified atom stereocenters. The molecule has 0 radical (unpaired) electrons. The summed E-state index contributed by atoms with van der Waals surface area (Å²) >= 11 is 11.7. The standard InChI is InChI=1S/C19H15Cl2FN2O4/c20-13-3-1-2-4-16(13)24-9-11(7-18(24)26)19(27)28-10-17(25)23-12-5-6-15(22)14(21)8-12/h1-6,8,11H,7,9-10H2,(H,23,25)/t11-/m1/s1. The summed E-state index contributed by atoms with van der Waals surface area (Å²) in [6, 6.07) is 10.5. The predicted octanol–water partition coefficient (Wildman–Crippen LogP) is 3.67. The number of carbonyl (C=O) groups is 3. The SMILES string of the molecule is O=C(COC(=O)[C@@H]1CC(=O)N(c2ccccc2Cl)C1)Nc1ccc(F)c(Cl)c1. The summed E-state index contributed by atoms with van der Waals surface area (Å²) in [5.41, 5.74) is 0.795. The summed E-state index contributed by atoms with van der Waals surface area (Å²) in [6.45, 7) is -0.415. The molecule has 6 nitrogen and oxygen atoms in total. The van der Waals surface area contributed by atoms with Gasteiger partial charge in [0.2, 0.25) is 5.91 Å². The number of amides is 2. The third kappa shape index (κ3) is 4.61. The average molecular weight is 425 g/mol. The number of rotatable bonds is 5. The third-order valence-corrected chi connectivity index (χ3v) is 4.76. The van der Waals surface area contributed by atoms with Crippen molar-refractivity contribution in [3.8, 4) is 0 Å². The van der Waals surface area contributed by atoms with E-state index in [0.717, 1.165) is 6.07 Å². The molecular formula is C19H15Cl2FN2O4. The van der Waals surface area contributed by atoms with Crippen molar-refractivity contribution in [1.82, 2.24) is 0 Å². The van der Waals surface area contributed by atoms with Crippen LogP contribution in [0, 0.1) is 11.7 Å². The molecule has 0 aliphatic carbocycles. The second-order valence-electron chi connectivity index (χ2n) is 6.14. The van der Waals surface area contributed by atoms with Gasteiger partial charge in [-0.25, -0.2) is 4.39 Å². The largest absolute Gasteiger partial charge is 0.455 e. The molecule has 1 atom stereocenters. The molecule has 1 aliphatic heterocycles. The summed E-state index contributed by atoms with van der Waals surface area (Å²) in [5, 5.41) is 2.71. The number of para-hydroxylation sites is 1. The van der Waals surface area contributed by atoms with E-state index in [-0.39, 0.29) is 29.6 Å². The lowest BCUT2D eigenvalue weighted by molar-refractivity contribution is -0.151. The molecule has 1 heterocycles. The van der Waals surface area contributed by atoms with E-state index in [4.69, 9.17) is 27.9 Å². The topological polar surface area (TPSA) is 75.7 Å². The number of hydrogen-bond donors (Lipinski definition) is 1. The van der Waals surface area contributed by atoms with Gasteiger partial charge < -0.3 is 15.0 Å². The van der Waals surface area contributed by atoms with Gasteiger partial charge in [0.15, 0.2) is 6.61 Å². The molecule has 1 saturated heterocycles. The molecule has 0 spiro atoms. The van der Waals surface area contributed by atoms with Crippen LogP contribution in [-0.2, 0) is 19.1 Å². The molecule has 2 amide bonds. The number of benzene rings is 2. The van der Waals surface area contributed by atoms with E-state index >= 15 is 0 Å². The van der Waals surface area contributed by atoms with Crippen LogP contribution in [0.2, 0.25) is 10.0 Å². The highest BCUT2D eigenvalue weighted by Crippen LogP contribution is 2.31. The first-order valence-corrected chi connectivity index (χ1v) is 9.07. The molecule has 1 fully saturated rings. The minimum absolute atomic E-state index is 0.0285. The number of halogens is 3. The zero-order valence-corrected chi connectivity index (χ0v) is 16.0. The van der Waals surface area contributed by atoms with Crippen molar-refractivity contribution >= 4 is 52.4 Å². The number of nitrogens with one attached hydrogen (secondary N) is 1. The van der Waals surface area contributed by atoms with Crippen molar-refractivity contribution in [2.75, 3.05) is 23.4 Å². The summed E-state index contributed by atoms with van der Waals surface area (Å²) in [6.07, 6.45) is -0.0285. The number of ether oxygens (including phenoxy) is 1. The van der Waals surface area contributed by atoms with Crippen LogP contribution in [0.1, 0.15) is 6.42 Å². The maximum absolute atomic E-state index is 13.1. The third-order valence-electron chi connectivity index (χ3n) is 4.15. The van der Waals surface area contributed by atoms with Crippen LogP contribution in [0.5, 0.6) is 0 Å². The quantitative estimate of drug-likeness (QED) is 0.742. The van der Waals surface area contributed by atoms with Crippen molar-refractivity contribution < 1.29 is 23.5 Å². The minimum atomic E-state index is -0.697. The van der Waals surface area contributed by atoms with Gasteiger partial charge in [0.25, 0.3) is 5.91 Å². The van der Waals surface area contributed by atoms with E-state index in [9.17, 15) is 18.8 Å². The van der Waals surface area contributed by atoms with E-state index in [2.05, 4.69) is 5.32 Å². The maximum atomic E-state index is 13.1. The van der Waals surface area contributed by atoms with Gasteiger partial charge in [0.05, 0.1) is 21.7 Å². The van der Waals surface area contributed by atoms with Crippen molar-refractivity contribution in [1.29, 1.82) is 0 Å². The van der Waals surface area contributed by atoms with Gasteiger partial charge in [-0.05, 0) is 30.3 Å². The Balaban J connectivity index is 1.54. The van der Waals surface area contributed by atoms with E-state index in [1.807, 2.05) is 0 Å². The minimum Gasteiger partial charge on any atom is -0.455 e. The molecule has 9 heteroatoms. The average Bonchev–Trinajstić information content (AvgIpc) is 3.05. The van der Waals surface area contributed by atoms with Gasteiger partial charge in [0, 0.05) is 18.7 Å². The van der Waals surface area contributed by atoms with Crippen LogP contribution in [0.25, 0.3) is 0 Å². The molecule has 28 heavy (non-hydrogen) atoms. The number of carbonyl (C=O) groups excluding carboxylic acids is 3. The Morgan fingerprint density at radius 1 is 1.18 bits per heavy atom. The Labute approximate surface area is 170 Å². The Morgan fingerprint density at radius 3 is 2.64 bits per heavy atom. The van der Waals surface area contributed by atoms with Crippen molar-refractivity contribution in [3.05, 3.63) is 58.3 Å². The Hall–Kier alpha value is -2.64.